The molecule has 0 radical (unpaired) electrons. The lowest BCUT2D eigenvalue weighted by atomic mass is 10.1. The third kappa shape index (κ3) is 2.45. The smallest absolute Gasteiger partial charge is 0.337 e. The van der Waals surface area contributed by atoms with E-state index in [0.29, 0.717) is 17.1 Å². The van der Waals surface area contributed by atoms with Gasteiger partial charge < -0.3 is 14.8 Å². The summed E-state index contributed by atoms with van der Waals surface area (Å²) >= 11 is 0. The zero-order chi connectivity index (χ0) is 14.0. The van der Waals surface area contributed by atoms with E-state index in [4.69, 9.17) is 4.74 Å². The van der Waals surface area contributed by atoms with Gasteiger partial charge in [0.25, 0.3) is 0 Å². The second kappa shape index (κ2) is 5.14. The van der Waals surface area contributed by atoms with Crippen LogP contribution in [0.1, 0.15) is 35.8 Å². The lowest BCUT2D eigenvalue weighted by Crippen LogP contribution is -1.98. The minimum absolute atomic E-state index is 0.217. The van der Waals surface area contributed by atoms with Gasteiger partial charge in [0.05, 0.1) is 23.9 Å². The standard InChI is InChI=1S/C14H16N2O3/c1-8(2)11-7-10(14(17)18)12(16-11)9-5-4-6-15-13(9)19-3/h4-8,16H,1-3H3,(H,17,18). The van der Waals surface area contributed by atoms with E-state index in [-0.39, 0.29) is 11.5 Å². The normalized spacial score (nSPS) is 10.7. The Morgan fingerprint density at radius 1 is 1.47 bits per heavy atom. The lowest BCUT2D eigenvalue weighted by Gasteiger charge is -2.06. The van der Waals surface area contributed by atoms with Crippen LogP contribution in [0.4, 0.5) is 0 Å². The van der Waals surface area contributed by atoms with E-state index < -0.39 is 5.97 Å². The second-order valence-electron chi connectivity index (χ2n) is 4.53. The van der Waals surface area contributed by atoms with E-state index >= 15 is 0 Å². The number of hydrogen-bond acceptors (Lipinski definition) is 3. The molecule has 2 aromatic heterocycles. The number of H-pyrrole nitrogens is 1. The SMILES string of the molecule is COc1ncccc1-c1[nH]c(C(C)C)cc1C(=O)O. The summed E-state index contributed by atoms with van der Waals surface area (Å²) < 4.78 is 5.18. The number of nitrogens with zero attached hydrogens (tertiary/aromatic N) is 1. The van der Waals surface area contributed by atoms with Crippen molar-refractivity contribution in [1.29, 1.82) is 0 Å². The van der Waals surface area contributed by atoms with Gasteiger partial charge in [-0.3, -0.25) is 0 Å². The predicted octanol–water partition coefficient (Wildman–Crippen LogP) is 2.91. The highest BCUT2D eigenvalue weighted by molar-refractivity contribution is 5.96. The van der Waals surface area contributed by atoms with Crippen molar-refractivity contribution in [1.82, 2.24) is 9.97 Å². The van der Waals surface area contributed by atoms with Crippen LogP contribution >= 0.6 is 0 Å². The van der Waals surface area contributed by atoms with E-state index in [1.54, 1.807) is 24.4 Å². The van der Waals surface area contributed by atoms with Crippen molar-refractivity contribution >= 4 is 5.97 Å². The van der Waals surface area contributed by atoms with E-state index in [1.165, 1.54) is 7.11 Å². The third-order valence-corrected chi connectivity index (χ3v) is 2.92. The second-order valence-corrected chi connectivity index (χ2v) is 4.53. The number of hydrogen-bond donors (Lipinski definition) is 2. The van der Waals surface area contributed by atoms with E-state index in [0.717, 1.165) is 5.69 Å². The first-order chi connectivity index (χ1) is 9.04. The molecule has 0 saturated heterocycles. The maximum atomic E-state index is 11.3. The van der Waals surface area contributed by atoms with Crippen molar-refractivity contribution in [3.05, 3.63) is 35.7 Å². The first-order valence-corrected chi connectivity index (χ1v) is 6.00. The molecule has 2 N–H and O–H groups in total. The molecular formula is C14H16N2O3. The van der Waals surface area contributed by atoms with E-state index in [1.807, 2.05) is 13.8 Å². The van der Waals surface area contributed by atoms with Gasteiger partial charge in [0, 0.05) is 11.9 Å². The average molecular weight is 260 g/mol. The molecule has 0 amide bonds. The van der Waals surface area contributed by atoms with Crippen molar-refractivity contribution in [3.8, 4) is 17.1 Å². The molecule has 19 heavy (non-hydrogen) atoms. The third-order valence-electron chi connectivity index (χ3n) is 2.92. The first kappa shape index (κ1) is 13.1. The number of carbonyl (C=O) groups is 1. The molecule has 5 heteroatoms. The fourth-order valence-electron chi connectivity index (χ4n) is 1.91. The Hall–Kier alpha value is -2.30. The molecule has 0 aromatic carbocycles. The van der Waals surface area contributed by atoms with Crippen LogP contribution in [0.2, 0.25) is 0 Å². The van der Waals surface area contributed by atoms with Gasteiger partial charge in [-0.25, -0.2) is 9.78 Å². The number of methoxy groups -OCH3 is 1. The van der Waals surface area contributed by atoms with Gasteiger partial charge in [0.2, 0.25) is 5.88 Å². The topological polar surface area (TPSA) is 75.2 Å². The monoisotopic (exact) mass is 260 g/mol. The van der Waals surface area contributed by atoms with Crippen molar-refractivity contribution in [3.63, 3.8) is 0 Å². The van der Waals surface area contributed by atoms with Crippen molar-refractivity contribution in [2.45, 2.75) is 19.8 Å². The van der Waals surface area contributed by atoms with Crippen LogP contribution in [0.25, 0.3) is 11.3 Å². The van der Waals surface area contributed by atoms with Crippen molar-refractivity contribution in [2.75, 3.05) is 7.11 Å². The van der Waals surface area contributed by atoms with Crippen LogP contribution in [-0.2, 0) is 0 Å². The summed E-state index contributed by atoms with van der Waals surface area (Å²) in [6.07, 6.45) is 1.61. The molecule has 0 atom stereocenters. The van der Waals surface area contributed by atoms with Gasteiger partial charge in [0.15, 0.2) is 0 Å². The molecule has 0 saturated carbocycles. The van der Waals surface area contributed by atoms with Gasteiger partial charge in [-0.2, -0.15) is 0 Å². The number of ether oxygens (including phenoxy) is 1. The van der Waals surface area contributed by atoms with Gasteiger partial charge >= 0.3 is 5.97 Å². The van der Waals surface area contributed by atoms with Gasteiger partial charge in [-0.05, 0) is 24.1 Å². The maximum Gasteiger partial charge on any atom is 0.337 e. The summed E-state index contributed by atoms with van der Waals surface area (Å²) in [5, 5.41) is 9.30. The highest BCUT2D eigenvalue weighted by Crippen LogP contribution is 2.32. The molecule has 0 bridgehead atoms. The summed E-state index contributed by atoms with van der Waals surface area (Å²) in [4.78, 5) is 18.6. The van der Waals surface area contributed by atoms with Crippen LogP contribution in [-0.4, -0.2) is 28.2 Å². The van der Waals surface area contributed by atoms with Crippen LogP contribution < -0.4 is 4.74 Å². The fourth-order valence-corrected chi connectivity index (χ4v) is 1.91. The van der Waals surface area contributed by atoms with Crippen LogP contribution in [0.15, 0.2) is 24.4 Å². The number of nitrogens with one attached hydrogen (secondary N) is 1. The molecule has 0 aliphatic rings. The molecule has 0 unspecified atom stereocenters. The zero-order valence-corrected chi connectivity index (χ0v) is 11.1. The average Bonchev–Trinajstić information content (AvgIpc) is 2.83. The Balaban J connectivity index is 2.63. The molecule has 100 valence electrons. The zero-order valence-electron chi connectivity index (χ0n) is 11.1. The summed E-state index contributed by atoms with van der Waals surface area (Å²) in [5.41, 5.74) is 2.28. The Morgan fingerprint density at radius 3 is 2.79 bits per heavy atom. The summed E-state index contributed by atoms with van der Waals surface area (Å²) in [5.74, 6) is -0.347. The molecule has 2 heterocycles. The predicted molar refractivity (Wildman–Crippen MR) is 71.6 cm³/mol. The quantitative estimate of drug-likeness (QED) is 0.886. The van der Waals surface area contributed by atoms with Gasteiger partial charge in [0.1, 0.15) is 0 Å². The highest BCUT2D eigenvalue weighted by atomic mass is 16.5. The van der Waals surface area contributed by atoms with Crippen molar-refractivity contribution in [2.24, 2.45) is 0 Å². The van der Waals surface area contributed by atoms with Crippen LogP contribution in [0.3, 0.4) is 0 Å². The number of pyridine rings is 1. The lowest BCUT2D eigenvalue weighted by molar-refractivity contribution is 0.0698. The van der Waals surface area contributed by atoms with E-state index in [9.17, 15) is 9.90 Å². The van der Waals surface area contributed by atoms with E-state index in [2.05, 4.69) is 9.97 Å². The first-order valence-electron chi connectivity index (χ1n) is 6.00. The Bertz CT molecular complexity index is 602. The molecular weight excluding hydrogens is 244 g/mol. The minimum Gasteiger partial charge on any atom is -0.481 e. The van der Waals surface area contributed by atoms with Crippen molar-refractivity contribution < 1.29 is 14.6 Å². The molecule has 0 aliphatic heterocycles. The number of carboxylic acids is 1. The Labute approximate surface area is 111 Å². The number of rotatable bonds is 4. The number of aromatic amines is 1. The number of aromatic carboxylic acids is 1. The maximum absolute atomic E-state index is 11.3. The molecule has 0 aliphatic carbocycles. The molecule has 2 aromatic rings. The minimum atomic E-state index is -0.968. The molecule has 2 rings (SSSR count). The summed E-state index contributed by atoms with van der Waals surface area (Å²) in [7, 11) is 1.51. The van der Waals surface area contributed by atoms with Crippen LogP contribution in [0.5, 0.6) is 5.88 Å². The van der Waals surface area contributed by atoms with Crippen LogP contribution in [0, 0.1) is 0 Å². The van der Waals surface area contributed by atoms with Gasteiger partial charge in [-0.1, -0.05) is 13.8 Å². The molecule has 0 fully saturated rings. The molecule has 5 nitrogen and oxygen atoms in total. The summed E-state index contributed by atoms with van der Waals surface area (Å²) in [6, 6.07) is 5.20. The Morgan fingerprint density at radius 2 is 2.21 bits per heavy atom. The number of aromatic nitrogens is 2. The summed E-state index contributed by atoms with van der Waals surface area (Å²) in [6.45, 7) is 4.00. The largest absolute Gasteiger partial charge is 0.481 e. The van der Waals surface area contributed by atoms with Gasteiger partial charge in [-0.15, -0.1) is 0 Å². The Kier molecular flexibility index (Phi) is 3.55. The number of carboxylic acid groups (broad SMARTS) is 1. The molecule has 0 spiro atoms. The highest BCUT2D eigenvalue weighted by Gasteiger charge is 2.20. The fraction of sp³-hybridized carbons (Fsp3) is 0.286.